The van der Waals surface area contributed by atoms with Gasteiger partial charge in [-0.3, -0.25) is 9.78 Å². The highest BCUT2D eigenvalue weighted by Crippen LogP contribution is 2.29. The predicted molar refractivity (Wildman–Crippen MR) is 68.8 cm³/mol. The van der Waals surface area contributed by atoms with E-state index in [1.807, 2.05) is 0 Å². The molecule has 1 heterocycles. The van der Waals surface area contributed by atoms with Crippen LogP contribution < -0.4 is 11.2 Å². The molecule has 4 nitrogen and oxygen atoms in total. The Hall–Kier alpha value is -2.17. The average Bonchev–Trinajstić information content (AvgIpc) is 2.39. The molecule has 0 saturated carbocycles. The predicted octanol–water partition coefficient (Wildman–Crippen LogP) is 1.47. The third-order valence-electron chi connectivity index (χ3n) is 3.66. The first-order chi connectivity index (χ1) is 9.13. The number of benzene rings is 1. The van der Waals surface area contributed by atoms with Crippen molar-refractivity contribution in [1.29, 1.82) is 0 Å². The van der Waals surface area contributed by atoms with Gasteiger partial charge in [0, 0.05) is 11.3 Å². The molecular weight excluding hydrogens is 247 g/mol. The highest BCUT2D eigenvalue weighted by Gasteiger charge is 2.23. The van der Waals surface area contributed by atoms with Crippen molar-refractivity contribution in [2.24, 2.45) is 0 Å². The van der Waals surface area contributed by atoms with Crippen LogP contribution in [0.4, 0.5) is 4.39 Å². The summed E-state index contributed by atoms with van der Waals surface area (Å²) in [5, 5.41) is 0. The van der Waals surface area contributed by atoms with Gasteiger partial charge in [0.1, 0.15) is 5.82 Å². The molecule has 0 spiro atoms. The fourth-order valence-electron chi connectivity index (χ4n) is 2.68. The average molecular weight is 260 g/mol. The monoisotopic (exact) mass is 260 g/mol. The molecule has 0 saturated heterocycles. The van der Waals surface area contributed by atoms with Crippen LogP contribution in [0.5, 0.6) is 0 Å². The summed E-state index contributed by atoms with van der Waals surface area (Å²) in [6.07, 6.45) is 2.08. The summed E-state index contributed by atoms with van der Waals surface area (Å²) in [6.45, 7) is 0. The van der Waals surface area contributed by atoms with E-state index in [9.17, 15) is 14.0 Å². The summed E-state index contributed by atoms with van der Waals surface area (Å²) in [5.41, 5.74) is 1.62. The highest BCUT2D eigenvalue weighted by molar-refractivity contribution is 5.28. The summed E-state index contributed by atoms with van der Waals surface area (Å²) in [7, 11) is 0. The molecule has 3 rings (SSSR count). The fourth-order valence-corrected chi connectivity index (χ4v) is 2.68. The Morgan fingerprint density at radius 3 is 2.58 bits per heavy atom. The molecule has 0 fully saturated rings. The molecule has 2 aromatic rings. The van der Waals surface area contributed by atoms with E-state index in [0.29, 0.717) is 18.4 Å². The van der Waals surface area contributed by atoms with Gasteiger partial charge in [0.05, 0.1) is 0 Å². The topological polar surface area (TPSA) is 65.7 Å². The van der Waals surface area contributed by atoms with Gasteiger partial charge in [0.15, 0.2) is 0 Å². The van der Waals surface area contributed by atoms with Crippen molar-refractivity contribution < 1.29 is 4.39 Å². The number of nitrogens with one attached hydrogen (secondary N) is 2. The van der Waals surface area contributed by atoms with Crippen LogP contribution in [-0.2, 0) is 12.8 Å². The van der Waals surface area contributed by atoms with Gasteiger partial charge >= 0.3 is 5.69 Å². The van der Waals surface area contributed by atoms with Gasteiger partial charge in [0.25, 0.3) is 5.56 Å². The summed E-state index contributed by atoms with van der Waals surface area (Å²) in [6, 6.07) is 6.37. The lowest BCUT2D eigenvalue weighted by molar-refractivity contribution is 0.562. The van der Waals surface area contributed by atoms with E-state index >= 15 is 0 Å². The third kappa shape index (κ3) is 2.23. The molecule has 1 aromatic heterocycles. The van der Waals surface area contributed by atoms with Gasteiger partial charge in [-0.05, 0) is 42.9 Å². The molecule has 19 heavy (non-hydrogen) atoms. The van der Waals surface area contributed by atoms with Gasteiger partial charge < -0.3 is 4.98 Å². The van der Waals surface area contributed by atoms with Crippen LogP contribution in [0.2, 0.25) is 0 Å². The quantitative estimate of drug-likeness (QED) is 0.815. The van der Waals surface area contributed by atoms with E-state index in [2.05, 4.69) is 9.97 Å². The van der Waals surface area contributed by atoms with Crippen molar-refractivity contribution in [2.75, 3.05) is 0 Å². The Morgan fingerprint density at radius 1 is 1.11 bits per heavy atom. The second kappa shape index (κ2) is 4.50. The summed E-state index contributed by atoms with van der Waals surface area (Å²) in [5.74, 6) is -0.0674. The van der Waals surface area contributed by atoms with Crippen molar-refractivity contribution in [1.82, 2.24) is 9.97 Å². The maximum atomic E-state index is 12.9. The normalized spacial score (nSPS) is 18.1. The van der Waals surface area contributed by atoms with Crippen molar-refractivity contribution in [3.8, 4) is 0 Å². The summed E-state index contributed by atoms with van der Waals surface area (Å²) in [4.78, 5) is 27.9. The van der Waals surface area contributed by atoms with Crippen LogP contribution in [-0.4, -0.2) is 9.97 Å². The Kier molecular flexibility index (Phi) is 2.81. The Morgan fingerprint density at radius 2 is 1.84 bits per heavy atom. The van der Waals surface area contributed by atoms with E-state index < -0.39 is 5.69 Å². The first-order valence-corrected chi connectivity index (χ1v) is 6.23. The second-order valence-corrected chi connectivity index (χ2v) is 4.86. The lowest BCUT2D eigenvalue weighted by Crippen LogP contribution is -2.31. The Bertz CT molecular complexity index is 715. The van der Waals surface area contributed by atoms with E-state index in [0.717, 1.165) is 17.7 Å². The number of aromatic amines is 2. The van der Waals surface area contributed by atoms with Crippen molar-refractivity contribution in [2.45, 2.75) is 25.2 Å². The lowest BCUT2D eigenvalue weighted by atomic mass is 9.82. The minimum absolute atomic E-state index is 0.195. The van der Waals surface area contributed by atoms with E-state index in [1.165, 1.54) is 12.1 Å². The molecule has 1 aromatic carbocycles. The van der Waals surface area contributed by atoms with Crippen molar-refractivity contribution in [3.63, 3.8) is 0 Å². The van der Waals surface area contributed by atoms with Gasteiger partial charge in [-0.2, -0.15) is 0 Å². The van der Waals surface area contributed by atoms with Crippen LogP contribution in [0.25, 0.3) is 0 Å². The largest absolute Gasteiger partial charge is 0.325 e. The van der Waals surface area contributed by atoms with Crippen LogP contribution in [0.1, 0.15) is 29.2 Å². The molecule has 1 aliphatic rings. The van der Waals surface area contributed by atoms with Gasteiger partial charge in [-0.15, -0.1) is 0 Å². The minimum Gasteiger partial charge on any atom is -0.311 e. The van der Waals surface area contributed by atoms with E-state index in [1.54, 1.807) is 12.1 Å². The molecule has 0 bridgehead atoms. The Labute approximate surface area is 108 Å². The number of H-pyrrole nitrogens is 2. The van der Waals surface area contributed by atoms with Gasteiger partial charge in [-0.1, -0.05) is 12.1 Å². The zero-order valence-corrected chi connectivity index (χ0v) is 10.2. The fraction of sp³-hybridized carbons (Fsp3) is 0.286. The van der Waals surface area contributed by atoms with E-state index in [4.69, 9.17) is 0 Å². The SMILES string of the molecule is O=c1[nH]c2c(c(=O)[nH]1)CC(c1ccc(F)cc1)CC2. The van der Waals surface area contributed by atoms with Crippen molar-refractivity contribution in [3.05, 3.63) is 67.7 Å². The smallest absolute Gasteiger partial charge is 0.311 e. The van der Waals surface area contributed by atoms with Gasteiger partial charge in [0.2, 0.25) is 0 Å². The van der Waals surface area contributed by atoms with Gasteiger partial charge in [-0.25, -0.2) is 9.18 Å². The number of halogens is 1. The first-order valence-electron chi connectivity index (χ1n) is 6.23. The zero-order chi connectivity index (χ0) is 13.4. The third-order valence-corrected chi connectivity index (χ3v) is 3.66. The maximum absolute atomic E-state index is 12.9. The van der Waals surface area contributed by atoms with Crippen LogP contribution >= 0.6 is 0 Å². The first kappa shape index (κ1) is 11.9. The summed E-state index contributed by atoms with van der Waals surface area (Å²) >= 11 is 0. The number of hydrogen-bond donors (Lipinski definition) is 2. The standard InChI is InChI=1S/C14H13FN2O2/c15-10-4-1-8(2-5-10)9-3-6-12-11(7-9)13(18)17-14(19)16-12/h1-2,4-5,9H,3,6-7H2,(H2,16,17,18,19). The van der Waals surface area contributed by atoms with E-state index in [-0.39, 0.29) is 17.3 Å². The molecule has 0 radical (unpaired) electrons. The lowest BCUT2D eigenvalue weighted by Gasteiger charge is -2.23. The molecule has 2 N–H and O–H groups in total. The van der Waals surface area contributed by atoms with Crippen LogP contribution in [0, 0.1) is 5.82 Å². The molecule has 5 heteroatoms. The number of rotatable bonds is 1. The molecule has 1 unspecified atom stereocenters. The second-order valence-electron chi connectivity index (χ2n) is 4.86. The highest BCUT2D eigenvalue weighted by atomic mass is 19.1. The summed E-state index contributed by atoms with van der Waals surface area (Å²) < 4.78 is 12.9. The molecule has 0 aliphatic heterocycles. The number of hydrogen-bond acceptors (Lipinski definition) is 2. The molecule has 0 amide bonds. The van der Waals surface area contributed by atoms with Crippen LogP contribution in [0.15, 0.2) is 33.9 Å². The number of aryl methyl sites for hydroxylation is 1. The zero-order valence-electron chi connectivity index (χ0n) is 10.2. The van der Waals surface area contributed by atoms with Crippen LogP contribution in [0.3, 0.4) is 0 Å². The Balaban J connectivity index is 1.96. The minimum atomic E-state index is -0.455. The molecule has 1 atom stereocenters. The molecule has 1 aliphatic carbocycles. The van der Waals surface area contributed by atoms with Crippen molar-refractivity contribution >= 4 is 0 Å². The number of fused-ring (bicyclic) bond motifs is 1. The maximum Gasteiger partial charge on any atom is 0.325 e. The molecule has 98 valence electrons. The number of aromatic nitrogens is 2. The molecular formula is C14H13FN2O2.